The van der Waals surface area contributed by atoms with E-state index < -0.39 is 0 Å². The molecule has 0 fully saturated rings. The van der Waals surface area contributed by atoms with Gasteiger partial charge in [0.05, 0.1) is 24.8 Å². The maximum Gasteiger partial charge on any atom is 0.227 e. The highest BCUT2D eigenvalue weighted by molar-refractivity contribution is 5.83. The zero-order chi connectivity index (χ0) is 20.0. The van der Waals surface area contributed by atoms with E-state index in [1.165, 1.54) is 0 Å². The molecule has 148 valence electrons. The molecule has 6 nitrogen and oxygen atoms in total. The molecule has 0 radical (unpaired) electrons. The number of methoxy groups -OCH3 is 1. The predicted octanol–water partition coefficient (Wildman–Crippen LogP) is 3.34. The van der Waals surface area contributed by atoms with Crippen molar-refractivity contribution in [3.05, 3.63) is 46.8 Å². The van der Waals surface area contributed by atoms with Crippen molar-refractivity contribution in [1.29, 1.82) is 0 Å². The van der Waals surface area contributed by atoms with E-state index in [9.17, 15) is 4.79 Å². The molecule has 6 heteroatoms. The van der Waals surface area contributed by atoms with Crippen molar-refractivity contribution in [2.45, 2.75) is 46.6 Å². The predicted molar refractivity (Wildman–Crippen MR) is 108 cm³/mol. The number of H-pyrrole nitrogens is 1. The van der Waals surface area contributed by atoms with Gasteiger partial charge in [0.2, 0.25) is 5.91 Å². The molecule has 0 bridgehead atoms. The molecule has 1 amide bonds. The van der Waals surface area contributed by atoms with E-state index in [4.69, 9.17) is 4.74 Å². The van der Waals surface area contributed by atoms with Gasteiger partial charge >= 0.3 is 0 Å². The van der Waals surface area contributed by atoms with Gasteiger partial charge in [-0.1, -0.05) is 26.0 Å². The number of hydrogen-bond acceptors (Lipinski definition) is 4. The number of nitrogens with zero attached hydrogens (tertiary/aromatic N) is 2. The summed E-state index contributed by atoms with van der Waals surface area (Å²) in [4.78, 5) is 15.1. The van der Waals surface area contributed by atoms with Crippen LogP contribution in [0, 0.1) is 13.8 Å². The Hall–Kier alpha value is -2.34. The van der Waals surface area contributed by atoms with Crippen LogP contribution in [0.5, 0.6) is 5.75 Å². The third-order valence-corrected chi connectivity index (χ3v) is 5.21. The molecule has 1 aromatic carbocycles. The van der Waals surface area contributed by atoms with Gasteiger partial charge in [0, 0.05) is 17.8 Å². The first-order valence-corrected chi connectivity index (χ1v) is 9.60. The quantitative estimate of drug-likeness (QED) is 0.708. The molecule has 1 aromatic heterocycles. The number of rotatable bonds is 9. The number of amides is 1. The Morgan fingerprint density at radius 3 is 2.56 bits per heavy atom. The summed E-state index contributed by atoms with van der Waals surface area (Å²) < 4.78 is 5.37. The van der Waals surface area contributed by atoms with Gasteiger partial charge in [-0.2, -0.15) is 5.10 Å². The standard InChI is InChI=1S/C21H32N4O2/c1-7-25(8-2)19(17-10-9-11-18(12-17)27-6)13-22-21(26)14(3)20-15(4)23-24-16(20)5/h9-12,14,19H,7-8,13H2,1-6H3,(H,22,26)(H,23,24). The third-order valence-electron chi connectivity index (χ3n) is 5.21. The molecule has 2 aromatic rings. The zero-order valence-electron chi connectivity index (χ0n) is 17.3. The number of ether oxygens (including phenoxy) is 1. The number of aromatic nitrogens is 2. The summed E-state index contributed by atoms with van der Waals surface area (Å²) in [5.74, 6) is 0.600. The number of carbonyl (C=O) groups is 1. The second-order valence-electron chi connectivity index (χ2n) is 6.83. The normalized spacial score (nSPS) is 13.4. The van der Waals surface area contributed by atoms with Crippen LogP contribution >= 0.6 is 0 Å². The van der Waals surface area contributed by atoms with Crippen molar-refractivity contribution in [1.82, 2.24) is 20.4 Å². The molecule has 0 saturated carbocycles. The van der Waals surface area contributed by atoms with Crippen LogP contribution in [-0.2, 0) is 4.79 Å². The van der Waals surface area contributed by atoms with Crippen LogP contribution in [0.2, 0.25) is 0 Å². The van der Waals surface area contributed by atoms with Gasteiger partial charge in [-0.05, 0) is 51.6 Å². The summed E-state index contributed by atoms with van der Waals surface area (Å²) >= 11 is 0. The van der Waals surface area contributed by atoms with Crippen molar-refractivity contribution in [3.8, 4) is 5.75 Å². The Kier molecular flexibility index (Phi) is 7.42. The monoisotopic (exact) mass is 372 g/mol. The largest absolute Gasteiger partial charge is 0.497 e. The number of carbonyl (C=O) groups excluding carboxylic acids is 1. The number of hydrogen-bond donors (Lipinski definition) is 2. The van der Waals surface area contributed by atoms with Crippen molar-refractivity contribution in [3.63, 3.8) is 0 Å². The van der Waals surface area contributed by atoms with E-state index >= 15 is 0 Å². The molecule has 1 heterocycles. The smallest absolute Gasteiger partial charge is 0.227 e. The molecule has 27 heavy (non-hydrogen) atoms. The minimum atomic E-state index is -0.244. The van der Waals surface area contributed by atoms with E-state index in [0.29, 0.717) is 6.54 Å². The summed E-state index contributed by atoms with van der Waals surface area (Å²) in [6.45, 7) is 12.4. The third kappa shape index (κ3) is 4.89. The van der Waals surface area contributed by atoms with Crippen molar-refractivity contribution in [2.75, 3.05) is 26.7 Å². The first-order chi connectivity index (χ1) is 12.9. The lowest BCUT2D eigenvalue weighted by Gasteiger charge is -2.31. The van der Waals surface area contributed by atoms with Crippen LogP contribution in [0.4, 0.5) is 0 Å². The summed E-state index contributed by atoms with van der Waals surface area (Å²) in [6, 6.07) is 8.16. The van der Waals surface area contributed by atoms with Crippen molar-refractivity contribution >= 4 is 5.91 Å². The maximum atomic E-state index is 12.8. The molecule has 0 aliphatic rings. The Bertz CT molecular complexity index is 733. The minimum Gasteiger partial charge on any atom is -0.497 e. The van der Waals surface area contributed by atoms with Crippen LogP contribution in [-0.4, -0.2) is 47.7 Å². The summed E-state index contributed by atoms with van der Waals surface area (Å²) in [5, 5.41) is 10.3. The average molecular weight is 373 g/mol. The maximum absolute atomic E-state index is 12.8. The Morgan fingerprint density at radius 1 is 1.30 bits per heavy atom. The number of benzene rings is 1. The Morgan fingerprint density at radius 2 is 2.00 bits per heavy atom. The zero-order valence-corrected chi connectivity index (χ0v) is 17.3. The molecular weight excluding hydrogens is 340 g/mol. The second-order valence-corrected chi connectivity index (χ2v) is 6.83. The van der Waals surface area contributed by atoms with E-state index in [2.05, 4.69) is 40.3 Å². The molecular formula is C21H32N4O2. The van der Waals surface area contributed by atoms with Gasteiger partial charge in [0.1, 0.15) is 5.75 Å². The van der Waals surface area contributed by atoms with Gasteiger partial charge < -0.3 is 10.1 Å². The molecule has 0 saturated heterocycles. The highest BCUT2D eigenvalue weighted by atomic mass is 16.5. The van der Waals surface area contributed by atoms with Crippen molar-refractivity contribution in [2.24, 2.45) is 0 Å². The van der Waals surface area contributed by atoms with Crippen LogP contribution in [0.1, 0.15) is 55.2 Å². The summed E-state index contributed by atoms with van der Waals surface area (Å²) in [7, 11) is 1.67. The highest BCUT2D eigenvalue weighted by Gasteiger charge is 2.24. The summed E-state index contributed by atoms with van der Waals surface area (Å²) in [5.41, 5.74) is 3.95. The first-order valence-electron chi connectivity index (χ1n) is 9.60. The fourth-order valence-corrected chi connectivity index (χ4v) is 3.65. The van der Waals surface area contributed by atoms with Crippen LogP contribution in [0.15, 0.2) is 24.3 Å². The van der Waals surface area contributed by atoms with Gasteiger partial charge in [0.25, 0.3) is 0 Å². The fourth-order valence-electron chi connectivity index (χ4n) is 3.65. The van der Waals surface area contributed by atoms with Gasteiger partial charge in [-0.15, -0.1) is 0 Å². The SMILES string of the molecule is CCN(CC)C(CNC(=O)C(C)c1c(C)n[nH]c1C)c1cccc(OC)c1. The number of aromatic amines is 1. The van der Waals surface area contributed by atoms with Crippen LogP contribution in [0.3, 0.4) is 0 Å². The lowest BCUT2D eigenvalue weighted by atomic mass is 9.98. The molecule has 2 N–H and O–H groups in total. The van der Waals surface area contributed by atoms with E-state index in [1.807, 2.05) is 39.0 Å². The van der Waals surface area contributed by atoms with Crippen LogP contribution in [0.25, 0.3) is 0 Å². The minimum absolute atomic E-state index is 0.0163. The van der Waals surface area contributed by atoms with E-state index in [0.717, 1.165) is 41.4 Å². The topological polar surface area (TPSA) is 70.2 Å². The number of nitrogens with one attached hydrogen (secondary N) is 2. The molecule has 2 rings (SSSR count). The van der Waals surface area contributed by atoms with Gasteiger partial charge in [-0.25, -0.2) is 0 Å². The van der Waals surface area contributed by atoms with Gasteiger partial charge in [-0.3, -0.25) is 14.8 Å². The molecule has 2 atom stereocenters. The molecule has 2 unspecified atom stereocenters. The van der Waals surface area contributed by atoms with Crippen LogP contribution < -0.4 is 10.1 Å². The lowest BCUT2D eigenvalue weighted by molar-refractivity contribution is -0.122. The molecule has 0 aliphatic heterocycles. The molecule has 0 spiro atoms. The second kappa shape index (κ2) is 9.55. The highest BCUT2D eigenvalue weighted by Crippen LogP contribution is 2.25. The first kappa shape index (κ1) is 21.0. The lowest BCUT2D eigenvalue weighted by Crippen LogP contribution is -2.39. The number of aryl methyl sites for hydroxylation is 2. The van der Waals surface area contributed by atoms with Gasteiger partial charge in [0.15, 0.2) is 0 Å². The number of likely N-dealkylation sites (N-methyl/N-ethyl adjacent to an activating group) is 1. The van der Waals surface area contributed by atoms with E-state index in [-0.39, 0.29) is 17.9 Å². The summed E-state index contributed by atoms with van der Waals surface area (Å²) in [6.07, 6.45) is 0. The van der Waals surface area contributed by atoms with E-state index in [1.54, 1.807) is 7.11 Å². The fraction of sp³-hybridized carbons (Fsp3) is 0.524. The molecule has 0 aliphatic carbocycles. The Labute approximate surface area is 162 Å². The average Bonchev–Trinajstić information content (AvgIpc) is 3.02. The Balaban J connectivity index is 2.16. The van der Waals surface area contributed by atoms with Crippen molar-refractivity contribution < 1.29 is 9.53 Å².